The van der Waals surface area contributed by atoms with Crippen LogP contribution in [-0.4, -0.2) is 25.5 Å². The van der Waals surface area contributed by atoms with Crippen LogP contribution >= 0.6 is 0 Å². The molecule has 0 bridgehead atoms. The van der Waals surface area contributed by atoms with E-state index >= 15 is 0 Å². The molecule has 0 aliphatic carbocycles. The van der Waals surface area contributed by atoms with Crippen molar-refractivity contribution in [2.24, 2.45) is 0 Å². The molecule has 0 saturated carbocycles. The summed E-state index contributed by atoms with van der Waals surface area (Å²) in [4.78, 5) is 10.8. The van der Waals surface area contributed by atoms with Gasteiger partial charge >= 0.3 is 6.16 Å². The maximum absolute atomic E-state index is 10.8. The van der Waals surface area contributed by atoms with Gasteiger partial charge in [-0.1, -0.05) is 0 Å². The molecular weight excluding hydrogens is 160 g/mol. The smallest absolute Gasteiger partial charge is 0.431 e. The minimum atomic E-state index is -0.621. The van der Waals surface area contributed by atoms with Gasteiger partial charge in [-0.3, -0.25) is 0 Å². The van der Waals surface area contributed by atoms with Crippen LogP contribution in [0, 0.1) is 6.61 Å². The minimum absolute atomic E-state index is 0.0359. The van der Waals surface area contributed by atoms with Crippen LogP contribution in [0.15, 0.2) is 0 Å². The molecule has 0 amide bonds. The topological polar surface area (TPSA) is 44.8 Å². The zero-order valence-corrected chi connectivity index (χ0v) is 7.12. The maximum atomic E-state index is 10.8. The summed E-state index contributed by atoms with van der Waals surface area (Å²) in [6.07, 6.45) is 0.869. The fourth-order valence-corrected chi connectivity index (χ4v) is 1.05. The lowest BCUT2D eigenvalue weighted by atomic mass is 10.2. The Labute approximate surface area is 71.8 Å². The van der Waals surface area contributed by atoms with Crippen molar-refractivity contribution in [2.45, 2.75) is 25.9 Å². The van der Waals surface area contributed by atoms with E-state index in [1.54, 1.807) is 6.92 Å². The molecule has 4 nitrogen and oxygen atoms in total. The number of carbonyl (C=O) groups excluding carboxylic acids is 1. The molecule has 0 N–H and O–H groups in total. The van der Waals surface area contributed by atoms with Crippen molar-refractivity contribution in [3.05, 3.63) is 6.61 Å². The van der Waals surface area contributed by atoms with Gasteiger partial charge < -0.3 is 14.2 Å². The molecular formula is C8H13O4. The summed E-state index contributed by atoms with van der Waals surface area (Å²) in [5.74, 6) is 0. The Morgan fingerprint density at radius 1 is 1.50 bits per heavy atom. The molecule has 4 heteroatoms. The number of hydrogen-bond acceptors (Lipinski definition) is 4. The predicted octanol–water partition coefficient (Wildman–Crippen LogP) is 1.50. The Balaban J connectivity index is 2.15. The highest BCUT2D eigenvalue weighted by Gasteiger charge is 2.18. The van der Waals surface area contributed by atoms with Gasteiger partial charge in [0.2, 0.25) is 0 Å². The minimum Gasteiger partial charge on any atom is -0.431 e. The Morgan fingerprint density at radius 2 is 2.17 bits per heavy atom. The van der Waals surface area contributed by atoms with Crippen molar-refractivity contribution in [2.75, 3.05) is 13.2 Å². The molecule has 0 spiro atoms. The van der Waals surface area contributed by atoms with E-state index in [1.165, 1.54) is 6.61 Å². The van der Waals surface area contributed by atoms with Gasteiger partial charge in [0.05, 0.1) is 13.2 Å². The predicted molar refractivity (Wildman–Crippen MR) is 41.4 cm³/mol. The molecule has 1 saturated heterocycles. The summed E-state index contributed by atoms with van der Waals surface area (Å²) in [5, 5.41) is 0. The van der Waals surface area contributed by atoms with Crippen molar-refractivity contribution < 1.29 is 19.0 Å². The highest BCUT2D eigenvalue weighted by molar-refractivity contribution is 5.60. The van der Waals surface area contributed by atoms with Gasteiger partial charge in [0.25, 0.3) is 0 Å². The van der Waals surface area contributed by atoms with Gasteiger partial charge in [0.1, 0.15) is 12.7 Å². The molecule has 0 aromatic rings. The third kappa shape index (κ3) is 3.09. The Hall–Kier alpha value is -0.770. The van der Waals surface area contributed by atoms with Gasteiger partial charge in [-0.05, 0) is 6.92 Å². The molecule has 1 aliphatic heterocycles. The fourth-order valence-electron chi connectivity index (χ4n) is 1.05. The first-order valence-corrected chi connectivity index (χ1v) is 4.05. The summed E-state index contributed by atoms with van der Waals surface area (Å²) >= 11 is 0. The quantitative estimate of drug-likeness (QED) is 0.593. The molecule has 0 atom stereocenters. The summed E-state index contributed by atoms with van der Waals surface area (Å²) in [6, 6.07) is 0. The van der Waals surface area contributed by atoms with E-state index in [9.17, 15) is 4.79 Å². The first kappa shape index (κ1) is 9.32. The van der Waals surface area contributed by atoms with Crippen LogP contribution < -0.4 is 0 Å². The Morgan fingerprint density at radius 3 is 2.75 bits per heavy atom. The Kier molecular flexibility index (Phi) is 3.87. The van der Waals surface area contributed by atoms with E-state index in [0.29, 0.717) is 13.2 Å². The summed E-state index contributed by atoms with van der Waals surface area (Å²) in [5.41, 5.74) is 0. The van der Waals surface area contributed by atoms with Crippen molar-refractivity contribution in [3.63, 3.8) is 0 Å². The first-order valence-electron chi connectivity index (χ1n) is 4.05. The lowest BCUT2D eigenvalue weighted by Gasteiger charge is -2.21. The van der Waals surface area contributed by atoms with Crippen LogP contribution in [0.25, 0.3) is 0 Å². The van der Waals surface area contributed by atoms with E-state index in [0.717, 1.165) is 12.8 Å². The monoisotopic (exact) mass is 173 g/mol. The lowest BCUT2D eigenvalue weighted by molar-refractivity contribution is -0.0208. The third-order valence-corrected chi connectivity index (χ3v) is 1.65. The average Bonchev–Trinajstić information content (AvgIpc) is 2.06. The van der Waals surface area contributed by atoms with E-state index in [2.05, 4.69) is 4.74 Å². The SMILES string of the molecule is C[CH]OC(=O)OC1CCOCC1. The maximum Gasteiger partial charge on any atom is 0.508 e. The first-order chi connectivity index (χ1) is 5.83. The summed E-state index contributed by atoms with van der Waals surface area (Å²) in [7, 11) is 0. The highest BCUT2D eigenvalue weighted by Crippen LogP contribution is 2.11. The van der Waals surface area contributed by atoms with Crippen LogP contribution in [0.5, 0.6) is 0 Å². The zero-order valence-electron chi connectivity index (χ0n) is 7.12. The van der Waals surface area contributed by atoms with E-state index in [1.807, 2.05) is 0 Å². The highest BCUT2D eigenvalue weighted by atomic mass is 16.7. The van der Waals surface area contributed by atoms with Crippen LogP contribution in [0.1, 0.15) is 19.8 Å². The molecule has 0 unspecified atom stereocenters. The van der Waals surface area contributed by atoms with Crippen molar-refractivity contribution in [1.29, 1.82) is 0 Å². The van der Waals surface area contributed by atoms with Crippen LogP contribution in [-0.2, 0) is 14.2 Å². The number of ether oxygens (including phenoxy) is 3. The second-order valence-electron chi connectivity index (χ2n) is 2.53. The Bertz CT molecular complexity index is 140. The average molecular weight is 173 g/mol. The standard InChI is InChI=1S/C8H13O4/c1-2-11-8(9)12-7-3-5-10-6-4-7/h2,7H,3-6H2,1H3. The molecule has 12 heavy (non-hydrogen) atoms. The second kappa shape index (κ2) is 4.98. The van der Waals surface area contributed by atoms with Crippen molar-refractivity contribution in [3.8, 4) is 0 Å². The fraction of sp³-hybridized carbons (Fsp3) is 0.750. The molecule has 1 rings (SSSR count). The number of rotatable bonds is 2. The van der Waals surface area contributed by atoms with E-state index in [4.69, 9.17) is 9.47 Å². The molecule has 0 aromatic carbocycles. The summed E-state index contributed by atoms with van der Waals surface area (Å²) < 4.78 is 14.6. The van der Waals surface area contributed by atoms with Crippen molar-refractivity contribution in [1.82, 2.24) is 0 Å². The van der Waals surface area contributed by atoms with Gasteiger partial charge in [-0.25, -0.2) is 4.79 Å². The molecule has 1 radical (unpaired) electrons. The second-order valence-corrected chi connectivity index (χ2v) is 2.53. The lowest BCUT2D eigenvalue weighted by Crippen LogP contribution is -2.26. The molecule has 1 aliphatic rings. The zero-order chi connectivity index (χ0) is 8.81. The van der Waals surface area contributed by atoms with Gasteiger partial charge in [0, 0.05) is 12.8 Å². The normalized spacial score (nSPS) is 18.8. The summed E-state index contributed by atoms with van der Waals surface area (Å²) in [6.45, 7) is 4.26. The van der Waals surface area contributed by atoms with Crippen LogP contribution in [0.3, 0.4) is 0 Å². The molecule has 1 heterocycles. The van der Waals surface area contributed by atoms with Crippen molar-refractivity contribution >= 4 is 6.16 Å². The van der Waals surface area contributed by atoms with Crippen LogP contribution in [0.2, 0.25) is 0 Å². The van der Waals surface area contributed by atoms with E-state index < -0.39 is 6.16 Å². The van der Waals surface area contributed by atoms with Gasteiger partial charge in [-0.2, -0.15) is 0 Å². The van der Waals surface area contributed by atoms with E-state index in [-0.39, 0.29) is 6.10 Å². The third-order valence-electron chi connectivity index (χ3n) is 1.65. The largest absolute Gasteiger partial charge is 0.508 e. The number of hydrogen-bond donors (Lipinski definition) is 0. The molecule has 0 aromatic heterocycles. The molecule has 69 valence electrons. The van der Waals surface area contributed by atoms with Crippen LogP contribution in [0.4, 0.5) is 4.79 Å². The van der Waals surface area contributed by atoms with Gasteiger partial charge in [-0.15, -0.1) is 0 Å². The number of carbonyl (C=O) groups is 1. The molecule has 1 fully saturated rings. The van der Waals surface area contributed by atoms with Gasteiger partial charge in [0.15, 0.2) is 0 Å².